The SMILES string of the molecule is COC(=O)[C@H](N)Cc1cc(O)c(F)c(F)c1. The fraction of sp³-hybridized carbons (Fsp3) is 0.300. The number of ether oxygens (including phenoxy) is 1. The Kier molecular flexibility index (Phi) is 3.78. The molecule has 0 aliphatic rings. The zero-order valence-electron chi connectivity index (χ0n) is 8.54. The average Bonchev–Trinajstić information content (AvgIpc) is 2.24. The molecule has 1 atom stereocenters. The van der Waals surface area contributed by atoms with Crippen LogP contribution in [0.25, 0.3) is 0 Å². The van der Waals surface area contributed by atoms with Crippen LogP contribution in [-0.2, 0) is 16.0 Å². The van der Waals surface area contributed by atoms with E-state index in [0.29, 0.717) is 0 Å². The highest BCUT2D eigenvalue weighted by Crippen LogP contribution is 2.21. The van der Waals surface area contributed by atoms with Gasteiger partial charge in [-0.3, -0.25) is 4.79 Å². The second kappa shape index (κ2) is 4.89. The number of carbonyl (C=O) groups is 1. The third-order valence-electron chi connectivity index (χ3n) is 2.03. The zero-order valence-corrected chi connectivity index (χ0v) is 8.54. The fourth-order valence-corrected chi connectivity index (χ4v) is 1.24. The third kappa shape index (κ3) is 2.66. The summed E-state index contributed by atoms with van der Waals surface area (Å²) in [6.07, 6.45) is -0.0442. The molecule has 0 aromatic heterocycles. The van der Waals surface area contributed by atoms with Gasteiger partial charge in [-0.25, -0.2) is 4.39 Å². The highest BCUT2D eigenvalue weighted by Gasteiger charge is 2.17. The minimum Gasteiger partial charge on any atom is -0.505 e. The standard InChI is InChI=1S/C10H11F2NO3/c1-16-10(15)7(13)3-5-2-6(11)9(12)8(14)4-5/h2,4,7,14H,3,13H2,1H3/t7-/m1/s1. The maximum absolute atomic E-state index is 12.9. The summed E-state index contributed by atoms with van der Waals surface area (Å²) in [6, 6.07) is 0.910. The Labute approximate surface area is 90.6 Å². The number of nitrogens with two attached hydrogens (primary N) is 1. The van der Waals surface area contributed by atoms with Gasteiger partial charge in [-0.2, -0.15) is 4.39 Å². The van der Waals surface area contributed by atoms with E-state index < -0.39 is 29.4 Å². The van der Waals surface area contributed by atoms with Crippen molar-refractivity contribution in [1.82, 2.24) is 0 Å². The number of rotatable bonds is 3. The Morgan fingerprint density at radius 3 is 2.69 bits per heavy atom. The molecule has 1 aromatic carbocycles. The van der Waals surface area contributed by atoms with Gasteiger partial charge >= 0.3 is 5.97 Å². The Hall–Kier alpha value is -1.69. The summed E-state index contributed by atoms with van der Waals surface area (Å²) in [5, 5.41) is 9.02. The normalized spacial score (nSPS) is 12.2. The molecule has 0 spiro atoms. The van der Waals surface area contributed by atoms with E-state index in [1.165, 1.54) is 7.11 Å². The van der Waals surface area contributed by atoms with Gasteiger partial charge in [0.15, 0.2) is 17.4 Å². The molecule has 0 amide bonds. The van der Waals surface area contributed by atoms with Crippen LogP contribution in [0.2, 0.25) is 0 Å². The number of benzene rings is 1. The Balaban J connectivity index is 2.86. The molecule has 3 N–H and O–H groups in total. The number of phenolic OH excluding ortho intramolecular Hbond substituents is 1. The first kappa shape index (κ1) is 12.4. The molecule has 0 radical (unpaired) electrons. The van der Waals surface area contributed by atoms with E-state index in [1.807, 2.05) is 0 Å². The predicted molar refractivity (Wildman–Crippen MR) is 51.7 cm³/mol. The molecule has 0 unspecified atom stereocenters. The van der Waals surface area contributed by atoms with E-state index in [1.54, 1.807) is 0 Å². The van der Waals surface area contributed by atoms with Gasteiger partial charge in [0.2, 0.25) is 0 Å². The van der Waals surface area contributed by atoms with Crippen molar-refractivity contribution in [2.75, 3.05) is 7.11 Å². The van der Waals surface area contributed by atoms with E-state index in [0.717, 1.165) is 12.1 Å². The topological polar surface area (TPSA) is 72.5 Å². The molecular formula is C10H11F2NO3. The molecular weight excluding hydrogens is 220 g/mol. The number of aromatic hydroxyl groups is 1. The molecule has 1 aromatic rings. The maximum Gasteiger partial charge on any atom is 0.322 e. The second-order valence-electron chi connectivity index (χ2n) is 3.24. The summed E-state index contributed by atoms with van der Waals surface area (Å²) in [5.41, 5.74) is 5.64. The molecule has 0 saturated heterocycles. The van der Waals surface area contributed by atoms with Crippen LogP contribution < -0.4 is 5.73 Å². The summed E-state index contributed by atoms with van der Waals surface area (Å²) in [7, 11) is 1.17. The first-order chi connectivity index (χ1) is 7.45. The number of methoxy groups -OCH3 is 1. The smallest absolute Gasteiger partial charge is 0.322 e. The average molecular weight is 231 g/mol. The van der Waals surface area contributed by atoms with Crippen molar-refractivity contribution in [2.24, 2.45) is 5.73 Å². The fourth-order valence-electron chi connectivity index (χ4n) is 1.24. The molecule has 0 fully saturated rings. The number of carbonyl (C=O) groups excluding carboxylic acids is 1. The van der Waals surface area contributed by atoms with Gasteiger partial charge in [-0.05, 0) is 24.1 Å². The van der Waals surface area contributed by atoms with Gasteiger partial charge in [-0.15, -0.1) is 0 Å². The van der Waals surface area contributed by atoms with Crippen LogP contribution >= 0.6 is 0 Å². The van der Waals surface area contributed by atoms with Crippen molar-refractivity contribution in [3.8, 4) is 5.75 Å². The molecule has 6 heteroatoms. The van der Waals surface area contributed by atoms with Crippen LogP contribution in [0, 0.1) is 11.6 Å². The van der Waals surface area contributed by atoms with Gasteiger partial charge in [-0.1, -0.05) is 0 Å². The quantitative estimate of drug-likeness (QED) is 0.751. The van der Waals surface area contributed by atoms with Crippen molar-refractivity contribution >= 4 is 5.97 Å². The molecule has 0 aliphatic heterocycles. The van der Waals surface area contributed by atoms with E-state index in [-0.39, 0.29) is 12.0 Å². The highest BCUT2D eigenvalue weighted by molar-refractivity contribution is 5.75. The highest BCUT2D eigenvalue weighted by atomic mass is 19.2. The van der Waals surface area contributed by atoms with Crippen LogP contribution in [0.3, 0.4) is 0 Å². The van der Waals surface area contributed by atoms with E-state index in [2.05, 4.69) is 4.74 Å². The summed E-state index contributed by atoms with van der Waals surface area (Å²) in [5.74, 6) is -3.99. The minimum absolute atomic E-state index is 0.0442. The largest absolute Gasteiger partial charge is 0.505 e. The Bertz CT molecular complexity index is 386. The summed E-state index contributed by atoms with van der Waals surface area (Å²) in [4.78, 5) is 11.0. The zero-order chi connectivity index (χ0) is 12.3. The van der Waals surface area contributed by atoms with Gasteiger partial charge in [0.05, 0.1) is 7.11 Å². The second-order valence-corrected chi connectivity index (χ2v) is 3.24. The number of hydrogen-bond acceptors (Lipinski definition) is 4. The number of phenols is 1. The molecule has 4 nitrogen and oxygen atoms in total. The van der Waals surface area contributed by atoms with Crippen molar-refractivity contribution in [1.29, 1.82) is 0 Å². The summed E-state index contributed by atoms with van der Waals surface area (Å²) >= 11 is 0. The molecule has 1 rings (SSSR count). The van der Waals surface area contributed by atoms with Crippen molar-refractivity contribution < 1.29 is 23.4 Å². The molecule has 0 heterocycles. The first-order valence-corrected chi connectivity index (χ1v) is 4.46. The lowest BCUT2D eigenvalue weighted by Gasteiger charge is -2.09. The third-order valence-corrected chi connectivity index (χ3v) is 2.03. The van der Waals surface area contributed by atoms with Crippen LogP contribution in [0.4, 0.5) is 8.78 Å². The monoisotopic (exact) mass is 231 g/mol. The predicted octanol–water partition coefficient (Wildman–Crippen LogP) is 0.713. The molecule has 0 bridgehead atoms. The molecule has 88 valence electrons. The lowest BCUT2D eigenvalue weighted by Crippen LogP contribution is -2.33. The summed E-state index contributed by atoms with van der Waals surface area (Å²) in [6.45, 7) is 0. The maximum atomic E-state index is 12.9. The van der Waals surface area contributed by atoms with Crippen LogP contribution in [0.5, 0.6) is 5.75 Å². The number of halogens is 2. The number of esters is 1. The first-order valence-electron chi connectivity index (χ1n) is 4.46. The lowest BCUT2D eigenvalue weighted by atomic mass is 10.1. The van der Waals surface area contributed by atoms with Crippen molar-refractivity contribution in [3.05, 3.63) is 29.3 Å². The van der Waals surface area contributed by atoms with Gasteiger partial charge in [0.25, 0.3) is 0 Å². The Morgan fingerprint density at radius 1 is 1.56 bits per heavy atom. The van der Waals surface area contributed by atoms with Gasteiger partial charge in [0.1, 0.15) is 6.04 Å². The van der Waals surface area contributed by atoms with E-state index in [9.17, 15) is 13.6 Å². The Morgan fingerprint density at radius 2 is 2.19 bits per heavy atom. The van der Waals surface area contributed by atoms with E-state index >= 15 is 0 Å². The molecule has 0 saturated carbocycles. The van der Waals surface area contributed by atoms with Crippen molar-refractivity contribution in [3.63, 3.8) is 0 Å². The van der Waals surface area contributed by atoms with Crippen LogP contribution in [-0.4, -0.2) is 24.2 Å². The molecule has 16 heavy (non-hydrogen) atoms. The minimum atomic E-state index is -1.32. The molecule has 0 aliphatic carbocycles. The van der Waals surface area contributed by atoms with Crippen LogP contribution in [0.15, 0.2) is 12.1 Å². The van der Waals surface area contributed by atoms with Gasteiger partial charge < -0.3 is 15.6 Å². The summed E-state index contributed by atoms with van der Waals surface area (Å²) < 4.78 is 30.0. The van der Waals surface area contributed by atoms with Gasteiger partial charge in [0, 0.05) is 0 Å². The lowest BCUT2D eigenvalue weighted by molar-refractivity contribution is -0.142. The van der Waals surface area contributed by atoms with Crippen LogP contribution in [0.1, 0.15) is 5.56 Å². The van der Waals surface area contributed by atoms with E-state index in [4.69, 9.17) is 10.8 Å². The number of hydrogen-bond donors (Lipinski definition) is 2. The van der Waals surface area contributed by atoms with Crippen molar-refractivity contribution in [2.45, 2.75) is 12.5 Å².